The highest BCUT2D eigenvalue weighted by atomic mass is 35.5. The van der Waals surface area contributed by atoms with Gasteiger partial charge < -0.3 is 15.2 Å². The Bertz CT molecular complexity index is 673. The van der Waals surface area contributed by atoms with Crippen LogP contribution in [0.2, 0.25) is 5.02 Å². The summed E-state index contributed by atoms with van der Waals surface area (Å²) < 4.78 is 11.1. The largest absolute Gasteiger partial charge is 0.494 e. The minimum atomic E-state index is 0.244. The fourth-order valence-corrected chi connectivity index (χ4v) is 3.07. The third-order valence-electron chi connectivity index (χ3n) is 4.03. The molecule has 0 radical (unpaired) electrons. The molecule has 0 amide bonds. The molecule has 0 aliphatic carbocycles. The van der Waals surface area contributed by atoms with E-state index in [1.54, 1.807) is 0 Å². The molecular formula is C20H26ClNO2. The van der Waals surface area contributed by atoms with Crippen molar-refractivity contribution in [2.45, 2.75) is 33.1 Å². The highest BCUT2D eigenvalue weighted by molar-refractivity contribution is 6.32. The Morgan fingerprint density at radius 3 is 2.25 bits per heavy atom. The molecule has 0 fully saturated rings. The van der Waals surface area contributed by atoms with E-state index in [-0.39, 0.29) is 5.92 Å². The third kappa shape index (κ3) is 4.65. The number of benzene rings is 2. The molecule has 0 spiro atoms. The van der Waals surface area contributed by atoms with Crippen molar-refractivity contribution in [1.29, 1.82) is 0 Å². The average molecular weight is 348 g/mol. The van der Waals surface area contributed by atoms with Crippen LogP contribution in [0.5, 0.6) is 11.5 Å². The third-order valence-corrected chi connectivity index (χ3v) is 4.33. The Morgan fingerprint density at radius 1 is 1.00 bits per heavy atom. The predicted octanol–water partition coefficient (Wildman–Crippen LogP) is 4.73. The van der Waals surface area contributed by atoms with Gasteiger partial charge in [0.1, 0.15) is 11.5 Å². The first-order chi connectivity index (χ1) is 11.6. The lowest BCUT2D eigenvalue weighted by Crippen LogP contribution is -2.15. The van der Waals surface area contributed by atoms with Gasteiger partial charge >= 0.3 is 0 Å². The molecule has 130 valence electrons. The van der Waals surface area contributed by atoms with Gasteiger partial charge in [-0.25, -0.2) is 0 Å². The Morgan fingerprint density at radius 2 is 1.67 bits per heavy atom. The average Bonchev–Trinajstić information content (AvgIpc) is 2.57. The Kier molecular flexibility index (Phi) is 6.95. The Balaban J connectivity index is 2.17. The summed E-state index contributed by atoms with van der Waals surface area (Å²) in [6.07, 6.45) is 0.843. The van der Waals surface area contributed by atoms with Crippen molar-refractivity contribution in [3.05, 3.63) is 58.1 Å². The minimum Gasteiger partial charge on any atom is -0.494 e. The number of hydrogen-bond acceptors (Lipinski definition) is 3. The molecule has 3 nitrogen and oxygen atoms in total. The normalized spacial score (nSPS) is 12.0. The van der Waals surface area contributed by atoms with Gasteiger partial charge in [0.25, 0.3) is 0 Å². The summed E-state index contributed by atoms with van der Waals surface area (Å²) in [5.41, 5.74) is 9.55. The van der Waals surface area contributed by atoms with Crippen molar-refractivity contribution in [3.8, 4) is 11.5 Å². The first kappa shape index (κ1) is 18.6. The molecule has 4 heteroatoms. The first-order valence-electron chi connectivity index (χ1n) is 8.43. The molecule has 0 bridgehead atoms. The SMILES string of the molecule is CCOc1ccc(C(CN)Cc2ccc(OCC)c(Cl)c2)cc1C. The van der Waals surface area contributed by atoms with Crippen LogP contribution >= 0.6 is 11.6 Å². The van der Waals surface area contributed by atoms with Gasteiger partial charge in [-0.2, -0.15) is 0 Å². The number of hydrogen-bond donors (Lipinski definition) is 1. The second-order valence-corrected chi connectivity index (χ2v) is 6.20. The van der Waals surface area contributed by atoms with Crippen LogP contribution in [0.15, 0.2) is 36.4 Å². The van der Waals surface area contributed by atoms with Crippen LogP contribution in [-0.2, 0) is 6.42 Å². The van der Waals surface area contributed by atoms with Gasteiger partial charge in [0, 0.05) is 5.92 Å². The molecule has 1 unspecified atom stereocenters. The topological polar surface area (TPSA) is 44.5 Å². The highest BCUT2D eigenvalue weighted by Gasteiger charge is 2.14. The van der Waals surface area contributed by atoms with Gasteiger partial charge in [0.15, 0.2) is 0 Å². The van der Waals surface area contributed by atoms with Crippen molar-refractivity contribution >= 4 is 11.6 Å². The molecule has 2 rings (SSSR count). The monoisotopic (exact) mass is 347 g/mol. The molecule has 2 N–H and O–H groups in total. The number of rotatable bonds is 8. The van der Waals surface area contributed by atoms with Crippen LogP contribution in [-0.4, -0.2) is 19.8 Å². The van der Waals surface area contributed by atoms with Crippen molar-refractivity contribution in [2.75, 3.05) is 19.8 Å². The highest BCUT2D eigenvalue weighted by Crippen LogP contribution is 2.29. The Labute approximate surface area is 149 Å². The number of nitrogens with two attached hydrogens (primary N) is 1. The maximum atomic E-state index is 6.29. The predicted molar refractivity (Wildman–Crippen MR) is 100 cm³/mol. The van der Waals surface area contributed by atoms with E-state index in [1.807, 2.05) is 32.0 Å². The van der Waals surface area contributed by atoms with Crippen LogP contribution in [0.3, 0.4) is 0 Å². The lowest BCUT2D eigenvalue weighted by atomic mass is 9.91. The lowest BCUT2D eigenvalue weighted by Gasteiger charge is -2.18. The molecular weight excluding hydrogens is 322 g/mol. The molecule has 0 aliphatic rings. The van der Waals surface area contributed by atoms with E-state index in [4.69, 9.17) is 26.8 Å². The van der Waals surface area contributed by atoms with Crippen molar-refractivity contribution < 1.29 is 9.47 Å². The summed E-state index contributed by atoms with van der Waals surface area (Å²) in [4.78, 5) is 0. The van der Waals surface area contributed by atoms with Crippen LogP contribution in [0.25, 0.3) is 0 Å². The second-order valence-electron chi connectivity index (χ2n) is 5.79. The van der Waals surface area contributed by atoms with Crippen LogP contribution in [0.1, 0.15) is 36.5 Å². The molecule has 0 aromatic heterocycles. The van der Waals surface area contributed by atoms with E-state index in [0.717, 1.165) is 29.0 Å². The molecule has 0 saturated carbocycles. The van der Waals surface area contributed by atoms with E-state index >= 15 is 0 Å². The summed E-state index contributed by atoms with van der Waals surface area (Å²) in [5, 5.41) is 0.646. The molecule has 1 atom stereocenters. The van der Waals surface area contributed by atoms with Crippen LogP contribution in [0.4, 0.5) is 0 Å². The maximum Gasteiger partial charge on any atom is 0.137 e. The fourth-order valence-electron chi connectivity index (χ4n) is 2.81. The fraction of sp³-hybridized carbons (Fsp3) is 0.400. The second kappa shape index (κ2) is 8.95. The number of halogens is 1. The maximum absolute atomic E-state index is 6.29. The molecule has 24 heavy (non-hydrogen) atoms. The molecule has 0 heterocycles. The summed E-state index contributed by atoms with van der Waals surface area (Å²) >= 11 is 6.29. The smallest absolute Gasteiger partial charge is 0.137 e. The summed E-state index contributed by atoms with van der Waals surface area (Å²) in [7, 11) is 0. The van der Waals surface area contributed by atoms with Gasteiger partial charge in [0.2, 0.25) is 0 Å². The first-order valence-corrected chi connectivity index (χ1v) is 8.81. The zero-order valence-corrected chi connectivity index (χ0v) is 15.4. The zero-order valence-electron chi connectivity index (χ0n) is 14.6. The van der Waals surface area contributed by atoms with Gasteiger partial charge in [-0.15, -0.1) is 0 Å². The van der Waals surface area contributed by atoms with Gasteiger partial charge in [-0.3, -0.25) is 0 Å². The van der Waals surface area contributed by atoms with Gasteiger partial charge in [-0.1, -0.05) is 29.8 Å². The van der Waals surface area contributed by atoms with E-state index in [0.29, 0.717) is 24.8 Å². The minimum absolute atomic E-state index is 0.244. The Hall–Kier alpha value is -1.71. The number of aryl methyl sites for hydroxylation is 1. The van der Waals surface area contributed by atoms with Crippen LogP contribution < -0.4 is 15.2 Å². The van der Waals surface area contributed by atoms with Crippen molar-refractivity contribution in [2.24, 2.45) is 5.73 Å². The van der Waals surface area contributed by atoms with Crippen molar-refractivity contribution in [1.82, 2.24) is 0 Å². The summed E-state index contributed by atoms with van der Waals surface area (Å²) in [6, 6.07) is 12.3. The summed E-state index contributed by atoms with van der Waals surface area (Å²) in [6.45, 7) is 7.86. The van der Waals surface area contributed by atoms with E-state index in [2.05, 4.69) is 25.1 Å². The summed E-state index contributed by atoms with van der Waals surface area (Å²) in [5.74, 6) is 1.90. The zero-order chi connectivity index (χ0) is 17.5. The van der Waals surface area contributed by atoms with E-state index in [9.17, 15) is 0 Å². The molecule has 2 aromatic rings. The standard InChI is InChI=1S/C20H26ClNO2/c1-4-23-19-9-7-16(10-14(19)3)17(13-22)11-15-6-8-20(24-5-2)18(21)12-15/h6-10,12,17H,4-5,11,13,22H2,1-3H3. The van der Waals surface area contributed by atoms with Gasteiger partial charge in [-0.05, 0) is 68.6 Å². The lowest BCUT2D eigenvalue weighted by molar-refractivity contribution is 0.337. The van der Waals surface area contributed by atoms with Gasteiger partial charge in [0.05, 0.1) is 18.2 Å². The molecule has 0 aliphatic heterocycles. The van der Waals surface area contributed by atoms with Crippen LogP contribution in [0, 0.1) is 6.92 Å². The van der Waals surface area contributed by atoms with E-state index in [1.165, 1.54) is 5.56 Å². The molecule has 2 aromatic carbocycles. The van der Waals surface area contributed by atoms with Crippen molar-refractivity contribution in [3.63, 3.8) is 0 Å². The number of ether oxygens (including phenoxy) is 2. The molecule has 0 saturated heterocycles. The quantitative estimate of drug-likeness (QED) is 0.750. The van der Waals surface area contributed by atoms with E-state index < -0.39 is 0 Å².